The first-order valence-electron chi connectivity index (χ1n) is 22.7. The van der Waals surface area contributed by atoms with E-state index < -0.39 is 140 Å². The highest BCUT2D eigenvalue weighted by Gasteiger charge is 2.52. The minimum Gasteiger partial charge on any atom is -0.462 e. The number of rotatable bonds is 13. The molecule has 4 aliphatic rings. The Hall–Kier alpha value is -2.27. The molecule has 3 saturated heterocycles. The number of ketones is 1. The van der Waals surface area contributed by atoms with E-state index in [1.807, 2.05) is 19.9 Å². The van der Waals surface area contributed by atoms with Crippen LogP contribution in [0.25, 0.3) is 0 Å². The molecule has 0 aromatic carbocycles. The fraction of sp³-hybridized carbons (Fsp3) is 0.848. The van der Waals surface area contributed by atoms with E-state index in [4.69, 9.17) is 42.6 Å². The number of aliphatic hydroxyl groups is 5. The number of hydrogen-bond donors (Lipinski definition) is 5. The van der Waals surface area contributed by atoms with Gasteiger partial charge in [0.1, 0.15) is 49.0 Å². The molecule has 21 atom stereocenters. The Bertz CT molecular complexity index is 1560. The molecule has 0 saturated carbocycles. The lowest BCUT2D eigenvalue weighted by atomic mass is 9.79. The molecule has 0 aromatic heterocycles. The molecule has 3 fully saturated rings. The quantitative estimate of drug-likeness (QED) is 0.131. The molecule has 14 unspecified atom stereocenters. The molecule has 4 rings (SSSR count). The average Bonchev–Trinajstić information content (AvgIpc) is 3.23. The number of hydrogen-bond acceptors (Lipinski definition) is 18. The van der Waals surface area contributed by atoms with E-state index in [2.05, 4.69) is 0 Å². The van der Waals surface area contributed by atoms with Crippen molar-refractivity contribution < 1.29 is 82.5 Å². The van der Waals surface area contributed by atoms with Crippen LogP contribution in [-0.2, 0) is 57.0 Å². The van der Waals surface area contributed by atoms with Crippen molar-refractivity contribution in [3.63, 3.8) is 0 Å². The van der Waals surface area contributed by atoms with Gasteiger partial charge < -0.3 is 77.9 Å². The Balaban J connectivity index is 1.62. The maximum Gasteiger partial charge on any atom is 0.308 e. The SMILES string of the molecule is CCC1OC(=O)C[C@@H](O)C(C)C(OC2O[C@H](C)C(OC3CC(C)(O)[C@@H](O)[C@H](C)O3)[C@H](N(C)C)C2O)[C@@H](CC=O)CC(C)C(=O)/C=C/C(C)=C/C1COC1OC(C)C(O)[C@@H](OC)C1OC. The second-order valence-electron chi connectivity index (χ2n) is 18.7. The van der Waals surface area contributed by atoms with Crippen LogP contribution in [0, 0.1) is 23.7 Å². The number of methoxy groups -OCH3 is 2. The molecule has 368 valence electrons. The summed E-state index contributed by atoms with van der Waals surface area (Å²) in [6, 6.07) is -0.748. The predicted octanol–water partition coefficient (Wildman–Crippen LogP) is 1.83. The van der Waals surface area contributed by atoms with Crippen molar-refractivity contribution >= 4 is 18.0 Å². The number of carbonyl (C=O) groups excluding carboxylic acids is 3. The van der Waals surface area contributed by atoms with Gasteiger partial charge in [-0.05, 0) is 73.5 Å². The van der Waals surface area contributed by atoms with E-state index in [1.54, 1.807) is 59.7 Å². The van der Waals surface area contributed by atoms with Gasteiger partial charge >= 0.3 is 5.97 Å². The summed E-state index contributed by atoms with van der Waals surface area (Å²) < 4.78 is 54.7. The number of cyclic esters (lactones) is 1. The number of likely N-dealkylation sites (N-methyl/N-ethyl adjacent to an activating group) is 1. The zero-order valence-electron chi connectivity index (χ0n) is 39.7. The van der Waals surface area contributed by atoms with Crippen LogP contribution in [0.1, 0.15) is 87.5 Å². The Kier molecular flexibility index (Phi) is 20.5. The predicted molar refractivity (Wildman–Crippen MR) is 230 cm³/mol. The Morgan fingerprint density at radius 1 is 0.859 bits per heavy atom. The molecule has 5 N–H and O–H groups in total. The number of carbonyl (C=O) groups is 3. The van der Waals surface area contributed by atoms with Crippen LogP contribution in [0.15, 0.2) is 23.8 Å². The zero-order valence-corrected chi connectivity index (χ0v) is 39.7. The first kappa shape index (κ1) is 54.3. The molecule has 18 nitrogen and oxygen atoms in total. The van der Waals surface area contributed by atoms with E-state index in [0.717, 1.165) is 6.29 Å². The molecule has 0 aromatic rings. The minimum atomic E-state index is -1.49. The highest BCUT2D eigenvalue weighted by molar-refractivity contribution is 5.91. The van der Waals surface area contributed by atoms with Crippen LogP contribution in [0.3, 0.4) is 0 Å². The molecule has 0 spiro atoms. The van der Waals surface area contributed by atoms with Crippen LogP contribution >= 0.6 is 0 Å². The number of aliphatic hydroxyl groups excluding tert-OH is 4. The summed E-state index contributed by atoms with van der Waals surface area (Å²) in [4.78, 5) is 41.5. The normalized spacial score (nSPS) is 45.9. The lowest BCUT2D eigenvalue weighted by Crippen LogP contribution is -2.65. The Morgan fingerprint density at radius 3 is 2.11 bits per heavy atom. The standard InChI is InChI=1S/C46H77NO17/c1-13-33-30(22-58-45-42(57-12)41(56-11)37(52)26(5)60-45)18-23(2)14-15-31(49)24(3)19-29(16-17-48)39(25(4)32(50)20-34(51)62-33)64-44-38(53)36(47(9)10)40(27(6)61-44)63-35-21-46(8,55)43(54)28(7)59-35/h14-15,17-18,24-30,32-33,35-45,50,52-55H,13,16,19-22H2,1-12H3/b15-14+,23-18+/t24?,25?,26?,27-,28+,29+,30?,32-,33?,35?,36-,37?,38?,39?,40?,41-,42?,43+,44?,45?,46?/m1/s1. The van der Waals surface area contributed by atoms with Crippen molar-refractivity contribution in [3.05, 3.63) is 23.8 Å². The van der Waals surface area contributed by atoms with E-state index >= 15 is 0 Å². The molecule has 0 amide bonds. The number of allylic oxidation sites excluding steroid dienone is 3. The summed E-state index contributed by atoms with van der Waals surface area (Å²) >= 11 is 0. The summed E-state index contributed by atoms with van der Waals surface area (Å²) in [7, 11) is 6.43. The number of nitrogens with zero attached hydrogens (tertiary/aromatic N) is 1. The lowest BCUT2D eigenvalue weighted by molar-refractivity contribution is -0.341. The van der Waals surface area contributed by atoms with Gasteiger partial charge in [-0.1, -0.05) is 38.5 Å². The van der Waals surface area contributed by atoms with Crippen LogP contribution in [0.5, 0.6) is 0 Å². The topological polar surface area (TPSA) is 239 Å². The zero-order chi connectivity index (χ0) is 47.8. The maximum atomic E-state index is 13.8. The van der Waals surface area contributed by atoms with Crippen molar-refractivity contribution in [3.8, 4) is 0 Å². The molecular formula is C46H77NO17. The third-order valence-corrected chi connectivity index (χ3v) is 13.4. The molecule has 4 aliphatic heterocycles. The van der Waals surface area contributed by atoms with Gasteiger partial charge in [0.05, 0.1) is 55.2 Å². The minimum absolute atomic E-state index is 0.00788. The van der Waals surface area contributed by atoms with Crippen molar-refractivity contribution in [1.29, 1.82) is 0 Å². The lowest BCUT2D eigenvalue weighted by Gasteiger charge is -2.50. The fourth-order valence-electron chi connectivity index (χ4n) is 9.51. The van der Waals surface area contributed by atoms with Crippen molar-refractivity contribution in [2.24, 2.45) is 23.7 Å². The summed E-state index contributed by atoms with van der Waals surface area (Å²) in [6.45, 7) is 13.6. The third kappa shape index (κ3) is 13.5. The van der Waals surface area contributed by atoms with Crippen LogP contribution in [-0.4, -0.2) is 187 Å². The van der Waals surface area contributed by atoms with Crippen LogP contribution in [0.4, 0.5) is 0 Å². The second kappa shape index (κ2) is 24.1. The summed E-state index contributed by atoms with van der Waals surface area (Å²) in [5.74, 6) is -3.59. The molecule has 4 heterocycles. The van der Waals surface area contributed by atoms with Gasteiger partial charge in [0, 0.05) is 44.8 Å². The molecule has 64 heavy (non-hydrogen) atoms. The summed E-state index contributed by atoms with van der Waals surface area (Å²) in [6.07, 6.45) is -8.49. The number of esters is 1. The van der Waals surface area contributed by atoms with Crippen molar-refractivity contribution in [2.45, 2.75) is 191 Å². The number of ether oxygens (including phenoxy) is 9. The van der Waals surface area contributed by atoms with Gasteiger partial charge in [-0.15, -0.1) is 0 Å². The van der Waals surface area contributed by atoms with Gasteiger partial charge in [-0.25, -0.2) is 0 Å². The van der Waals surface area contributed by atoms with Crippen LogP contribution in [0.2, 0.25) is 0 Å². The average molecular weight is 916 g/mol. The summed E-state index contributed by atoms with van der Waals surface area (Å²) in [5, 5.41) is 55.8. The second-order valence-corrected chi connectivity index (χ2v) is 18.7. The largest absolute Gasteiger partial charge is 0.462 e. The highest BCUT2D eigenvalue weighted by Crippen LogP contribution is 2.37. The molecule has 0 aliphatic carbocycles. The van der Waals surface area contributed by atoms with E-state index in [9.17, 15) is 39.9 Å². The van der Waals surface area contributed by atoms with Gasteiger partial charge in [0.25, 0.3) is 0 Å². The number of aldehydes is 1. The van der Waals surface area contributed by atoms with E-state index in [0.29, 0.717) is 12.0 Å². The van der Waals surface area contributed by atoms with E-state index in [1.165, 1.54) is 27.2 Å². The van der Waals surface area contributed by atoms with Gasteiger partial charge in [0.2, 0.25) is 0 Å². The van der Waals surface area contributed by atoms with Gasteiger partial charge in [-0.3, -0.25) is 9.59 Å². The van der Waals surface area contributed by atoms with E-state index in [-0.39, 0.29) is 31.7 Å². The smallest absolute Gasteiger partial charge is 0.308 e. The van der Waals surface area contributed by atoms with Crippen molar-refractivity contribution in [1.82, 2.24) is 4.90 Å². The Labute approximate surface area is 378 Å². The highest BCUT2D eigenvalue weighted by atomic mass is 16.7. The Morgan fingerprint density at radius 2 is 1.52 bits per heavy atom. The van der Waals surface area contributed by atoms with Gasteiger partial charge in [-0.2, -0.15) is 0 Å². The molecule has 0 bridgehead atoms. The molecule has 18 heteroatoms. The first-order valence-corrected chi connectivity index (χ1v) is 22.7. The molecule has 0 radical (unpaired) electrons. The maximum absolute atomic E-state index is 13.8. The third-order valence-electron chi connectivity index (χ3n) is 13.4. The molecular weight excluding hydrogens is 838 g/mol. The van der Waals surface area contributed by atoms with Crippen molar-refractivity contribution in [2.75, 3.05) is 34.9 Å². The monoisotopic (exact) mass is 916 g/mol. The van der Waals surface area contributed by atoms with Gasteiger partial charge in [0.15, 0.2) is 24.7 Å². The fourth-order valence-corrected chi connectivity index (χ4v) is 9.51. The summed E-state index contributed by atoms with van der Waals surface area (Å²) in [5.41, 5.74) is -0.806. The van der Waals surface area contributed by atoms with Crippen LogP contribution < -0.4 is 0 Å². The first-order chi connectivity index (χ1) is 30.1.